The van der Waals surface area contributed by atoms with E-state index in [1.54, 1.807) is 6.92 Å². The highest BCUT2D eigenvalue weighted by atomic mass is 19.1. The van der Waals surface area contributed by atoms with E-state index in [2.05, 4.69) is 5.32 Å². The first-order valence-electron chi connectivity index (χ1n) is 5.58. The van der Waals surface area contributed by atoms with Crippen molar-refractivity contribution in [3.63, 3.8) is 0 Å². The molecule has 0 aliphatic carbocycles. The fraction of sp³-hybridized carbons (Fsp3) is 0.250. The number of carbonyl (C=O) groups is 3. The number of nitrogens with one attached hydrogen (secondary N) is 2. The van der Waals surface area contributed by atoms with E-state index in [1.807, 2.05) is 5.32 Å². The van der Waals surface area contributed by atoms with Gasteiger partial charge in [-0.25, -0.2) is 14.0 Å². The largest absolute Gasteiger partial charge is 0.481 e. The Morgan fingerprint density at radius 1 is 1.30 bits per heavy atom. The molecule has 0 fully saturated rings. The summed E-state index contributed by atoms with van der Waals surface area (Å²) in [5, 5.41) is 21.6. The molecule has 0 unspecified atom stereocenters. The van der Waals surface area contributed by atoms with Crippen molar-refractivity contribution in [3.8, 4) is 0 Å². The van der Waals surface area contributed by atoms with E-state index >= 15 is 0 Å². The van der Waals surface area contributed by atoms with Crippen molar-refractivity contribution in [1.29, 1.82) is 0 Å². The van der Waals surface area contributed by atoms with Crippen LogP contribution in [-0.4, -0.2) is 34.2 Å². The summed E-state index contributed by atoms with van der Waals surface area (Å²) in [6, 6.07) is 1.23. The maximum atomic E-state index is 13.0. The van der Waals surface area contributed by atoms with Crippen LogP contribution in [-0.2, 0) is 9.59 Å². The van der Waals surface area contributed by atoms with E-state index in [9.17, 15) is 18.8 Å². The van der Waals surface area contributed by atoms with Crippen molar-refractivity contribution in [1.82, 2.24) is 5.32 Å². The van der Waals surface area contributed by atoms with E-state index in [0.29, 0.717) is 5.56 Å². The number of aliphatic carboxylic acids is 2. The highest BCUT2D eigenvalue weighted by molar-refractivity contribution is 5.93. The molecule has 0 radical (unpaired) electrons. The van der Waals surface area contributed by atoms with E-state index in [0.717, 1.165) is 6.07 Å². The lowest BCUT2D eigenvalue weighted by atomic mass is 10.2. The molecular formula is C12H13FN2O5. The van der Waals surface area contributed by atoms with E-state index in [-0.39, 0.29) is 5.69 Å². The third kappa shape index (κ3) is 4.56. The number of urea groups is 1. The third-order valence-electron chi connectivity index (χ3n) is 2.43. The smallest absolute Gasteiger partial charge is 0.326 e. The Hall–Kier alpha value is -2.64. The number of carboxylic acids is 2. The molecule has 0 bridgehead atoms. The van der Waals surface area contributed by atoms with Gasteiger partial charge in [-0.05, 0) is 24.6 Å². The van der Waals surface area contributed by atoms with Crippen LogP contribution >= 0.6 is 0 Å². The number of aryl methyl sites for hydroxylation is 1. The van der Waals surface area contributed by atoms with Crippen molar-refractivity contribution in [2.45, 2.75) is 19.4 Å². The van der Waals surface area contributed by atoms with Crippen LogP contribution in [0.4, 0.5) is 14.9 Å². The monoisotopic (exact) mass is 284 g/mol. The molecule has 0 saturated heterocycles. The molecule has 0 saturated carbocycles. The van der Waals surface area contributed by atoms with Gasteiger partial charge in [-0.15, -0.1) is 0 Å². The number of hydrogen-bond donors (Lipinski definition) is 4. The number of carbonyl (C=O) groups excluding carboxylic acids is 1. The number of carboxylic acid groups (broad SMARTS) is 2. The molecule has 0 aliphatic heterocycles. The summed E-state index contributed by atoms with van der Waals surface area (Å²) in [4.78, 5) is 32.8. The van der Waals surface area contributed by atoms with Gasteiger partial charge in [-0.2, -0.15) is 0 Å². The maximum absolute atomic E-state index is 13.0. The molecule has 7 nitrogen and oxygen atoms in total. The first kappa shape index (κ1) is 15.4. The normalized spacial score (nSPS) is 11.5. The first-order chi connectivity index (χ1) is 9.29. The number of hydrogen-bond acceptors (Lipinski definition) is 3. The summed E-state index contributed by atoms with van der Waals surface area (Å²) >= 11 is 0. The molecule has 0 aromatic heterocycles. The van der Waals surface area contributed by atoms with Gasteiger partial charge in [0, 0.05) is 5.69 Å². The Balaban J connectivity index is 2.72. The Bertz CT molecular complexity index is 547. The lowest BCUT2D eigenvalue weighted by Gasteiger charge is -2.14. The van der Waals surface area contributed by atoms with Crippen molar-refractivity contribution in [3.05, 3.63) is 29.6 Å². The number of rotatable bonds is 5. The Morgan fingerprint density at radius 2 is 1.95 bits per heavy atom. The van der Waals surface area contributed by atoms with Gasteiger partial charge in [0.05, 0.1) is 6.42 Å². The topological polar surface area (TPSA) is 116 Å². The van der Waals surface area contributed by atoms with Gasteiger partial charge in [0.1, 0.15) is 11.9 Å². The average molecular weight is 284 g/mol. The van der Waals surface area contributed by atoms with E-state index in [1.165, 1.54) is 12.1 Å². The van der Waals surface area contributed by atoms with Crippen LogP contribution in [0.3, 0.4) is 0 Å². The molecule has 0 aliphatic rings. The lowest BCUT2D eigenvalue weighted by Crippen LogP contribution is -2.44. The second kappa shape index (κ2) is 6.50. The van der Waals surface area contributed by atoms with Crippen LogP contribution in [0, 0.1) is 12.7 Å². The quantitative estimate of drug-likeness (QED) is 0.648. The molecule has 108 valence electrons. The summed E-state index contributed by atoms with van der Waals surface area (Å²) in [6.07, 6.45) is -0.759. The zero-order valence-corrected chi connectivity index (χ0v) is 10.5. The van der Waals surface area contributed by atoms with Crippen LogP contribution in [0.25, 0.3) is 0 Å². The van der Waals surface area contributed by atoms with Crippen LogP contribution in [0.5, 0.6) is 0 Å². The summed E-state index contributed by atoms with van der Waals surface area (Å²) in [5.41, 5.74) is 0.744. The summed E-state index contributed by atoms with van der Waals surface area (Å²) in [5.74, 6) is -3.40. The van der Waals surface area contributed by atoms with Crippen LogP contribution < -0.4 is 10.6 Å². The molecule has 0 spiro atoms. The second-order valence-corrected chi connectivity index (χ2v) is 4.05. The average Bonchev–Trinajstić information content (AvgIpc) is 2.32. The zero-order chi connectivity index (χ0) is 15.3. The molecule has 8 heteroatoms. The van der Waals surface area contributed by atoms with Crippen molar-refractivity contribution in [2.24, 2.45) is 0 Å². The van der Waals surface area contributed by atoms with Gasteiger partial charge >= 0.3 is 18.0 Å². The van der Waals surface area contributed by atoms with Gasteiger partial charge in [0.25, 0.3) is 0 Å². The Labute approximate surface area is 113 Å². The molecule has 0 heterocycles. The molecule has 1 rings (SSSR count). The van der Waals surface area contributed by atoms with Gasteiger partial charge < -0.3 is 20.8 Å². The number of benzene rings is 1. The number of anilines is 1. The molecule has 1 atom stereocenters. The van der Waals surface area contributed by atoms with Crippen molar-refractivity contribution < 1.29 is 29.0 Å². The summed E-state index contributed by atoms with van der Waals surface area (Å²) in [7, 11) is 0. The Kier molecular flexibility index (Phi) is 5.01. The third-order valence-corrected chi connectivity index (χ3v) is 2.43. The minimum atomic E-state index is -1.57. The molecule has 4 N–H and O–H groups in total. The molecule has 2 amide bonds. The highest BCUT2D eigenvalue weighted by Gasteiger charge is 2.23. The molecule has 20 heavy (non-hydrogen) atoms. The number of halogens is 1. The van der Waals surface area contributed by atoms with Gasteiger partial charge in [-0.3, -0.25) is 4.79 Å². The van der Waals surface area contributed by atoms with Gasteiger partial charge in [0.2, 0.25) is 0 Å². The van der Waals surface area contributed by atoms with E-state index in [4.69, 9.17) is 10.2 Å². The predicted molar refractivity (Wildman–Crippen MR) is 67.0 cm³/mol. The van der Waals surface area contributed by atoms with E-state index < -0.39 is 36.2 Å². The van der Waals surface area contributed by atoms with Crippen LogP contribution in [0.1, 0.15) is 12.0 Å². The standard InChI is InChI=1S/C12H13FN2O5/c1-6-2-3-7(13)4-8(6)14-12(20)15-9(11(18)19)5-10(16)17/h2-4,9H,5H2,1H3,(H,16,17)(H,18,19)(H2,14,15,20)/t9-/m1/s1. The van der Waals surface area contributed by atoms with Gasteiger partial charge in [0.15, 0.2) is 0 Å². The van der Waals surface area contributed by atoms with Crippen LogP contribution in [0.2, 0.25) is 0 Å². The highest BCUT2D eigenvalue weighted by Crippen LogP contribution is 2.15. The zero-order valence-electron chi connectivity index (χ0n) is 10.5. The number of amides is 2. The predicted octanol–water partition coefficient (Wildman–Crippen LogP) is 1.18. The summed E-state index contributed by atoms with van der Waals surface area (Å²) in [6.45, 7) is 1.63. The fourth-order valence-corrected chi connectivity index (χ4v) is 1.42. The Morgan fingerprint density at radius 3 is 2.50 bits per heavy atom. The first-order valence-corrected chi connectivity index (χ1v) is 5.58. The maximum Gasteiger partial charge on any atom is 0.326 e. The SMILES string of the molecule is Cc1ccc(F)cc1NC(=O)N[C@H](CC(=O)O)C(=O)O. The van der Waals surface area contributed by atoms with Crippen LogP contribution in [0.15, 0.2) is 18.2 Å². The van der Waals surface area contributed by atoms with Gasteiger partial charge in [-0.1, -0.05) is 6.07 Å². The lowest BCUT2D eigenvalue weighted by molar-refractivity contribution is -0.145. The minimum absolute atomic E-state index is 0.168. The molecule has 1 aromatic carbocycles. The van der Waals surface area contributed by atoms with Crippen molar-refractivity contribution >= 4 is 23.7 Å². The second-order valence-electron chi connectivity index (χ2n) is 4.05. The van der Waals surface area contributed by atoms with Crippen molar-refractivity contribution in [2.75, 3.05) is 5.32 Å². The summed E-state index contributed by atoms with van der Waals surface area (Å²) < 4.78 is 13.0. The molecular weight excluding hydrogens is 271 g/mol. The minimum Gasteiger partial charge on any atom is -0.481 e. The fourth-order valence-electron chi connectivity index (χ4n) is 1.42. The molecule has 1 aromatic rings.